The zero-order valence-corrected chi connectivity index (χ0v) is 20.4. The summed E-state index contributed by atoms with van der Waals surface area (Å²) in [5.74, 6) is -0.634. The molecule has 2 aromatic carbocycles. The number of anilines is 2. The van der Waals surface area contributed by atoms with Gasteiger partial charge in [-0.05, 0) is 55.3 Å². The number of carbonyl (C=O) groups excluding carboxylic acids is 2. The van der Waals surface area contributed by atoms with Crippen molar-refractivity contribution < 1.29 is 18.0 Å². The molecular formula is C23H29ClN4O4S. The Hall–Kier alpha value is -2.62. The molecule has 1 fully saturated rings. The fourth-order valence-corrected chi connectivity index (χ4v) is 5.30. The summed E-state index contributed by atoms with van der Waals surface area (Å²) < 4.78 is 27.6. The molecule has 1 aliphatic heterocycles. The van der Waals surface area contributed by atoms with Gasteiger partial charge in [-0.1, -0.05) is 18.0 Å². The molecule has 178 valence electrons. The van der Waals surface area contributed by atoms with Crippen LogP contribution in [-0.2, 0) is 14.8 Å². The normalized spacial score (nSPS) is 14.5. The molecule has 10 heteroatoms. The fourth-order valence-electron chi connectivity index (χ4n) is 3.63. The number of carbonyl (C=O) groups is 2. The van der Waals surface area contributed by atoms with Gasteiger partial charge in [-0.25, -0.2) is 8.42 Å². The predicted molar refractivity (Wildman–Crippen MR) is 130 cm³/mol. The van der Waals surface area contributed by atoms with E-state index in [1.165, 1.54) is 10.4 Å². The Labute approximate surface area is 200 Å². The number of amides is 2. The Balaban J connectivity index is 1.66. The highest BCUT2D eigenvalue weighted by Crippen LogP contribution is 2.30. The van der Waals surface area contributed by atoms with E-state index in [9.17, 15) is 18.0 Å². The van der Waals surface area contributed by atoms with Gasteiger partial charge in [0.25, 0.3) is 5.91 Å². The third-order valence-electron chi connectivity index (χ3n) is 5.42. The van der Waals surface area contributed by atoms with E-state index in [4.69, 9.17) is 11.6 Å². The maximum Gasteiger partial charge on any atom is 0.251 e. The molecule has 0 radical (unpaired) electrons. The molecular weight excluding hydrogens is 464 g/mol. The molecule has 0 atom stereocenters. The number of piperidine rings is 1. The van der Waals surface area contributed by atoms with Gasteiger partial charge in [0.2, 0.25) is 15.9 Å². The largest absolute Gasteiger partial charge is 0.376 e. The van der Waals surface area contributed by atoms with Crippen molar-refractivity contribution in [3.8, 4) is 0 Å². The standard InChI is InChI=1S/C23H29ClN4O4S/c1-27(2)21-11-10-19(33(31,32)28-14-4-3-5-15-28)16-20(21)26-22(29)12-13-25-23(30)17-6-8-18(24)9-7-17/h6-11,16H,3-5,12-15H2,1-2H3,(H,25,30)(H,26,29). The van der Waals surface area contributed by atoms with Crippen LogP contribution in [0.1, 0.15) is 36.0 Å². The zero-order chi connectivity index (χ0) is 24.0. The monoisotopic (exact) mass is 492 g/mol. The molecule has 0 unspecified atom stereocenters. The first kappa shape index (κ1) is 25.0. The number of rotatable bonds is 8. The summed E-state index contributed by atoms with van der Waals surface area (Å²) in [4.78, 5) is 26.7. The van der Waals surface area contributed by atoms with Crippen molar-refractivity contribution in [3.63, 3.8) is 0 Å². The number of hydrogen-bond acceptors (Lipinski definition) is 5. The van der Waals surface area contributed by atoms with Crippen molar-refractivity contribution in [3.05, 3.63) is 53.1 Å². The molecule has 1 aliphatic rings. The SMILES string of the molecule is CN(C)c1ccc(S(=O)(=O)N2CCCCC2)cc1NC(=O)CCNC(=O)c1ccc(Cl)cc1. The van der Waals surface area contributed by atoms with Crippen LogP contribution in [0.15, 0.2) is 47.4 Å². The highest BCUT2D eigenvalue weighted by atomic mass is 35.5. The Morgan fingerprint density at radius 3 is 2.33 bits per heavy atom. The number of halogens is 1. The second-order valence-electron chi connectivity index (χ2n) is 8.10. The third-order valence-corrected chi connectivity index (χ3v) is 7.57. The van der Waals surface area contributed by atoms with Crippen LogP contribution in [0.25, 0.3) is 0 Å². The highest BCUT2D eigenvalue weighted by molar-refractivity contribution is 7.89. The van der Waals surface area contributed by atoms with Crippen LogP contribution in [0, 0.1) is 0 Å². The van der Waals surface area contributed by atoms with Gasteiger partial charge in [0.15, 0.2) is 0 Å². The average Bonchev–Trinajstić information content (AvgIpc) is 2.79. The van der Waals surface area contributed by atoms with Crippen molar-refractivity contribution in [2.24, 2.45) is 0 Å². The van der Waals surface area contributed by atoms with Crippen LogP contribution < -0.4 is 15.5 Å². The molecule has 0 bridgehead atoms. The van der Waals surface area contributed by atoms with Crippen LogP contribution in [0.4, 0.5) is 11.4 Å². The molecule has 3 rings (SSSR count). The molecule has 0 aliphatic carbocycles. The summed E-state index contributed by atoms with van der Waals surface area (Å²) in [6.45, 7) is 1.15. The summed E-state index contributed by atoms with van der Waals surface area (Å²) in [5, 5.41) is 6.03. The molecule has 2 amide bonds. The van der Waals surface area contributed by atoms with Crippen LogP contribution in [0.3, 0.4) is 0 Å². The summed E-state index contributed by atoms with van der Waals surface area (Å²) in [6, 6.07) is 11.2. The number of hydrogen-bond donors (Lipinski definition) is 2. The molecule has 2 N–H and O–H groups in total. The van der Waals surface area contributed by atoms with Crippen LogP contribution in [0.5, 0.6) is 0 Å². The van der Waals surface area contributed by atoms with Gasteiger partial charge in [0.1, 0.15) is 0 Å². The zero-order valence-electron chi connectivity index (χ0n) is 18.8. The lowest BCUT2D eigenvalue weighted by Gasteiger charge is -2.26. The van der Waals surface area contributed by atoms with E-state index < -0.39 is 10.0 Å². The number of nitrogens with zero attached hydrogens (tertiary/aromatic N) is 2. The van der Waals surface area contributed by atoms with Gasteiger partial charge in [-0.3, -0.25) is 9.59 Å². The Morgan fingerprint density at radius 1 is 1.03 bits per heavy atom. The minimum absolute atomic E-state index is 0.0370. The van der Waals surface area contributed by atoms with Crippen molar-refractivity contribution in [1.82, 2.24) is 9.62 Å². The van der Waals surface area contributed by atoms with E-state index in [2.05, 4.69) is 10.6 Å². The highest BCUT2D eigenvalue weighted by Gasteiger charge is 2.27. The lowest BCUT2D eigenvalue weighted by atomic mass is 10.2. The summed E-state index contributed by atoms with van der Waals surface area (Å²) in [5.41, 5.74) is 1.54. The van der Waals surface area contributed by atoms with Crippen molar-refractivity contribution in [2.75, 3.05) is 43.9 Å². The Morgan fingerprint density at radius 2 is 1.70 bits per heavy atom. The minimum Gasteiger partial charge on any atom is -0.376 e. The number of benzene rings is 2. The maximum atomic E-state index is 13.1. The van der Waals surface area contributed by atoms with E-state index in [1.807, 2.05) is 14.1 Å². The van der Waals surface area contributed by atoms with Gasteiger partial charge in [0.05, 0.1) is 16.3 Å². The number of sulfonamides is 1. The van der Waals surface area contributed by atoms with Gasteiger partial charge >= 0.3 is 0 Å². The van der Waals surface area contributed by atoms with Crippen LogP contribution >= 0.6 is 11.6 Å². The van der Waals surface area contributed by atoms with E-state index in [-0.39, 0.29) is 29.7 Å². The van der Waals surface area contributed by atoms with Crippen molar-refractivity contribution in [2.45, 2.75) is 30.6 Å². The first-order valence-corrected chi connectivity index (χ1v) is 12.7. The van der Waals surface area contributed by atoms with E-state index in [1.54, 1.807) is 41.3 Å². The molecule has 8 nitrogen and oxygen atoms in total. The molecule has 33 heavy (non-hydrogen) atoms. The molecule has 1 heterocycles. The lowest BCUT2D eigenvalue weighted by molar-refractivity contribution is -0.116. The Kier molecular flexibility index (Phi) is 8.34. The van der Waals surface area contributed by atoms with Crippen LogP contribution in [-0.4, -0.2) is 58.3 Å². The molecule has 0 aromatic heterocycles. The van der Waals surface area contributed by atoms with E-state index in [0.717, 1.165) is 19.3 Å². The van der Waals surface area contributed by atoms with Gasteiger partial charge in [-0.2, -0.15) is 4.31 Å². The lowest BCUT2D eigenvalue weighted by Crippen LogP contribution is -2.35. The third kappa shape index (κ3) is 6.46. The van der Waals surface area contributed by atoms with Gasteiger partial charge in [0, 0.05) is 50.7 Å². The van der Waals surface area contributed by atoms with Crippen LogP contribution in [0.2, 0.25) is 5.02 Å². The first-order chi connectivity index (χ1) is 15.7. The second-order valence-corrected chi connectivity index (χ2v) is 10.5. The molecule has 1 saturated heterocycles. The maximum absolute atomic E-state index is 13.1. The molecule has 0 saturated carbocycles. The van der Waals surface area contributed by atoms with Crippen molar-refractivity contribution in [1.29, 1.82) is 0 Å². The smallest absolute Gasteiger partial charge is 0.251 e. The first-order valence-electron chi connectivity index (χ1n) is 10.8. The average molecular weight is 493 g/mol. The fraction of sp³-hybridized carbons (Fsp3) is 0.391. The van der Waals surface area contributed by atoms with Gasteiger partial charge in [-0.15, -0.1) is 0 Å². The summed E-state index contributed by atoms with van der Waals surface area (Å²) in [7, 11) is 0.00363. The summed E-state index contributed by atoms with van der Waals surface area (Å²) >= 11 is 5.83. The number of nitrogens with one attached hydrogen (secondary N) is 2. The Bertz CT molecular complexity index is 1100. The quantitative estimate of drug-likeness (QED) is 0.589. The van der Waals surface area contributed by atoms with Crippen molar-refractivity contribution >= 4 is 44.8 Å². The second kappa shape index (κ2) is 11.0. The molecule has 2 aromatic rings. The minimum atomic E-state index is -3.63. The van der Waals surface area contributed by atoms with E-state index >= 15 is 0 Å². The van der Waals surface area contributed by atoms with Gasteiger partial charge < -0.3 is 15.5 Å². The topological polar surface area (TPSA) is 98.8 Å². The predicted octanol–water partition coefficient (Wildman–Crippen LogP) is 3.34. The molecule has 0 spiro atoms. The summed E-state index contributed by atoms with van der Waals surface area (Å²) in [6.07, 6.45) is 2.76. The van der Waals surface area contributed by atoms with E-state index in [0.29, 0.717) is 35.1 Å².